The molecule has 1 aliphatic heterocycles. The molecule has 1 heterocycles. The van der Waals surface area contributed by atoms with E-state index in [9.17, 15) is 0 Å². The molecule has 1 saturated heterocycles. The van der Waals surface area contributed by atoms with Gasteiger partial charge in [-0.15, -0.1) is 0 Å². The normalized spacial score (nSPS) is 19.2. The minimum atomic E-state index is -1.83. The predicted octanol–water partition coefficient (Wildman–Crippen LogP) is -1.61. The molecule has 10 heavy (non-hydrogen) atoms. The van der Waals surface area contributed by atoms with E-state index in [2.05, 4.69) is 4.57 Å². The van der Waals surface area contributed by atoms with E-state index >= 15 is 0 Å². The van der Waals surface area contributed by atoms with Crippen LogP contribution in [0.5, 0.6) is 0 Å². The van der Waals surface area contributed by atoms with Crippen molar-refractivity contribution in [2.24, 2.45) is 0 Å². The second-order valence-electron chi connectivity index (χ2n) is 1.85. The molecular weight excluding hydrogens is 138 g/mol. The molecule has 0 amide bonds. The Bertz CT molecular complexity index is 92.9. The van der Waals surface area contributed by atoms with E-state index in [0.717, 1.165) is 6.42 Å². The Morgan fingerprint density at radius 1 is 1.30 bits per heavy atom. The summed E-state index contributed by atoms with van der Waals surface area (Å²) in [5.74, 6) is 0. The van der Waals surface area contributed by atoms with Gasteiger partial charge in [0.1, 0.15) is 0 Å². The maximum absolute atomic E-state index is 8.28. The third kappa shape index (κ3) is 2.68. The molecule has 0 aromatic heterocycles. The van der Waals surface area contributed by atoms with Crippen LogP contribution in [0.3, 0.4) is 0 Å². The van der Waals surface area contributed by atoms with Gasteiger partial charge in [0, 0.05) is 13.2 Å². The lowest BCUT2D eigenvalue weighted by Gasteiger charge is -2.18. The van der Waals surface area contributed by atoms with Crippen molar-refractivity contribution in [3.05, 3.63) is 0 Å². The Morgan fingerprint density at radius 2 is 1.90 bits per heavy atom. The van der Waals surface area contributed by atoms with Crippen LogP contribution in [0.25, 0.3) is 0 Å². The van der Waals surface area contributed by atoms with Crippen LogP contribution in [0, 0.1) is 0 Å². The van der Waals surface area contributed by atoms with E-state index in [1.165, 1.54) is 0 Å². The first-order valence-electron chi connectivity index (χ1n) is 3.04. The minimum absolute atomic E-state index is 0.525. The molecule has 0 spiro atoms. The third-order valence-corrected chi connectivity index (χ3v) is 1.03. The van der Waals surface area contributed by atoms with Crippen LogP contribution in [-0.2, 0) is 13.9 Å². The van der Waals surface area contributed by atoms with Crippen LogP contribution in [0.4, 0.5) is 0 Å². The second kappa shape index (κ2) is 3.95. The Morgan fingerprint density at radius 3 is 2.40 bits per heavy atom. The Balaban J connectivity index is 2.13. The average molecular weight is 146 g/mol. The number of hydrogen-bond acceptors (Lipinski definition) is 5. The molecule has 1 rings (SSSR count). The summed E-state index contributed by atoms with van der Waals surface area (Å²) >= 11 is 0. The quantitative estimate of drug-likeness (QED) is 0.458. The molecule has 0 bridgehead atoms. The van der Waals surface area contributed by atoms with Crippen LogP contribution in [-0.4, -0.2) is 37.9 Å². The van der Waals surface area contributed by atoms with E-state index < -0.39 is 14.6 Å². The molecule has 56 valence electrons. The van der Waals surface area contributed by atoms with Crippen molar-refractivity contribution in [1.82, 2.24) is 0 Å². The summed E-state index contributed by atoms with van der Waals surface area (Å²) < 4.78 is 14.0. The van der Waals surface area contributed by atoms with Crippen molar-refractivity contribution in [2.75, 3.05) is 13.2 Å². The number of rotatable bonds is 2. The molecule has 0 aromatic rings. The first-order valence-corrected chi connectivity index (χ1v) is 3.04. The first kappa shape index (κ1) is 8.03. The van der Waals surface area contributed by atoms with E-state index in [1.807, 2.05) is 0 Å². The molecule has 0 atom stereocenters. The SMILES string of the molecule is OB(O)OB1OCCCO1. The Hall–Kier alpha value is -0.0701. The van der Waals surface area contributed by atoms with Gasteiger partial charge < -0.3 is 23.9 Å². The van der Waals surface area contributed by atoms with Crippen LogP contribution < -0.4 is 0 Å². The van der Waals surface area contributed by atoms with E-state index in [4.69, 9.17) is 19.4 Å². The van der Waals surface area contributed by atoms with Gasteiger partial charge in [0.25, 0.3) is 0 Å². The van der Waals surface area contributed by atoms with E-state index in [0.29, 0.717) is 13.2 Å². The van der Waals surface area contributed by atoms with Gasteiger partial charge in [-0.25, -0.2) is 0 Å². The lowest BCUT2D eigenvalue weighted by molar-refractivity contribution is 0.0740. The van der Waals surface area contributed by atoms with Crippen molar-refractivity contribution < 1.29 is 23.9 Å². The van der Waals surface area contributed by atoms with Gasteiger partial charge >= 0.3 is 14.6 Å². The first-order chi connectivity index (χ1) is 4.79. The summed E-state index contributed by atoms with van der Waals surface area (Å²) in [6.07, 6.45) is 0.807. The molecule has 5 nitrogen and oxygen atoms in total. The van der Waals surface area contributed by atoms with Gasteiger partial charge in [0.2, 0.25) is 0 Å². The fourth-order valence-electron chi connectivity index (χ4n) is 0.644. The zero-order chi connectivity index (χ0) is 7.40. The maximum atomic E-state index is 8.28. The van der Waals surface area contributed by atoms with E-state index in [1.54, 1.807) is 0 Å². The highest BCUT2D eigenvalue weighted by atomic mass is 16.8. The molecule has 0 radical (unpaired) electrons. The monoisotopic (exact) mass is 146 g/mol. The third-order valence-electron chi connectivity index (χ3n) is 1.03. The van der Waals surface area contributed by atoms with Gasteiger partial charge in [0.15, 0.2) is 0 Å². The molecule has 0 aliphatic carbocycles. The van der Waals surface area contributed by atoms with E-state index in [-0.39, 0.29) is 0 Å². The van der Waals surface area contributed by atoms with Crippen LogP contribution in [0.1, 0.15) is 6.42 Å². The highest BCUT2D eigenvalue weighted by molar-refractivity contribution is 6.50. The molecule has 0 unspecified atom stereocenters. The zero-order valence-corrected chi connectivity index (χ0v) is 5.40. The van der Waals surface area contributed by atoms with Crippen LogP contribution in [0.15, 0.2) is 0 Å². The largest absolute Gasteiger partial charge is 0.627 e. The standard InChI is InChI=1S/C3H8B2O5/c6-4(7)10-5-8-2-1-3-9-5/h6-7H,1-3H2. The highest BCUT2D eigenvalue weighted by Gasteiger charge is 2.29. The van der Waals surface area contributed by atoms with Gasteiger partial charge in [-0.2, -0.15) is 0 Å². The molecule has 0 aromatic carbocycles. The van der Waals surface area contributed by atoms with Gasteiger partial charge in [-0.3, -0.25) is 0 Å². The molecule has 1 fully saturated rings. The summed E-state index contributed by atoms with van der Waals surface area (Å²) in [6.45, 7) is 1.05. The summed E-state index contributed by atoms with van der Waals surface area (Å²) in [6, 6.07) is 0. The lowest BCUT2D eigenvalue weighted by atomic mass is 10.1. The van der Waals surface area contributed by atoms with Crippen LogP contribution >= 0.6 is 0 Å². The van der Waals surface area contributed by atoms with Crippen molar-refractivity contribution in [3.8, 4) is 0 Å². The Labute approximate surface area is 59.2 Å². The van der Waals surface area contributed by atoms with Crippen molar-refractivity contribution in [2.45, 2.75) is 6.42 Å². The van der Waals surface area contributed by atoms with Gasteiger partial charge in [-0.1, -0.05) is 0 Å². The summed E-state index contributed by atoms with van der Waals surface area (Å²) in [7, 11) is -2.75. The smallest absolute Gasteiger partial charge is 0.402 e. The maximum Gasteiger partial charge on any atom is 0.627 e. The van der Waals surface area contributed by atoms with Crippen molar-refractivity contribution in [3.63, 3.8) is 0 Å². The fraction of sp³-hybridized carbons (Fsp3) is 1.00. The molecule has 7 heteroatoms. The van der Waals surface area contributed by atoms with Crippen molar-refractivity contribution in [1.29, 1.82) is 0 Å². The number of hydrogen-bond donors (Lipinski definition) is 2. The summed E-state index contributed by atoms with van der Waals surface area (Å²) in [4.78, 5) is 0. The topological polar surface area (TPSA) is 68.2 Å². The average Bonchev–Trinajstić information content (AvgIpc) is 1.88. The minimum Gasteiger partial charge on any atom is -0.402 e. The summed E-state index contributed by atoms with van der Waals surface area (Å²) in [5, 5.41) is 16.6. The summed E-state index contributed by atoms with van der Waals surface area (Å²) in [5.41, 5.74) is 0. The molecular formula is C3H8B2O5. The zero-order valence-electron chi connectivity index (χ0n) is 5.40. The van der Waals surface area contributed by atoms with Crippen LogP contribution in [0.2, 0.25) is 0 Å². The lowest BCUT2D eigenvalue weighted by Crippen LogP contribution is -2.38. The molecule has 0 saturated carbocycles. The van der Waals surface area contributed by atoms with Crippen molar-refractivity contribution >= 4 is 14.6 Å². The molecule has 1 aliphatic rings. The molecule has 2 N–H and O–H groups in total. The van der Waals surface area contributed by atoms with Gasteiger partial charge in [-0.05, 0) is 6.42 Å². The predicted molar refractivity (Wildman–Crippen MR) is 33.6 cm³/mol. The van der Waals surface area contributed by atoms with Gasteiger partial charge in [0.05, 0.1) is 0 Å². The second-order valence-corrected chi connectivity index (χ2v) is 1.85. The Kier molecular flexibility index (Phi) is 3.17. The fourth-order valence-corrected chi connectivity index (χ4v) is 0.644. The highest BCUT2D eigenvalue weighted by Crippen LogP contribution is 2.01.